The zero-order valence-electron chi connectivity index (χ0n) is 19.5. The maximum atomic E-state index is 13.1. The van der Waals surface area contributed by atoms with Crippen LogP contribution in [0.25, 0.3) is 0 Å². The second kappa shape index (κ2) is 9.77. The largest absolute Gasteiger partial charge is 0.507 e. The number of hydrogen-bond donors (Lipinski definition) is 4. The quantitative estimate of drug-likeness (QED) is 0.316. The molecule has 3 aliphatic rings. The summed E-state index contributed by atoms with van der Waals surface area (Å²) in [6.45, 7) is 1.76. The van der Waals surface area contributed by atoms with Crippen LogP contribution in [0.1, 0.15) is 69.2 Å². The highest BCUT2D eigenvalue weighted by molar-refractivity contribution is 6.31. The van der Waals surface area contributed by atoms with E-state index in [1.54, 1.807) is 19.1 Å². The summed E-state index contributed by atoms with van der Waals surface area (Å²) in [5.74, 6) is -1.74. The van der Waals surface area contributed by atoms with Crippen molar-refractivity contribution in [1.29, 1.82) is 0 Å². The van der Waals surface area contributed by atoms with E-state index in [1.165, 1.54) is 13.2 Å². The summed E-state index contributed by atoms with van der Waals surface area (Å²) in [5, 5.41) is 39.4. The molecule has 35 heavy (non-hydrogen) atoms. The Morgan fingerprint density at radius 3 is 2.29 bits per heavy atom. The van der Waals surface area contributed by atoms with Gasteiger partial charge in [0.1, 0.15) is 23.5 Å². The number of benzene rings is 2. The van der Waals surface area contributed by atoms with Crippen LogP contribution < -0.4 is 4.74 Å². The van der Waals surface area contributed by atoms with Gasteiger partial charge in [-0.05, 0) is 38.7 Å². The fraction of sp³-hybridized carbons (Fsp3) is 0.423. The molecule has 1 saturated heterocycles. The highest BCUT2D eigenvalue weighted by atomic mass is 16.6. The van der Waals surface area contributed by atoms with Gasteiger partial charge in [0, 0.05) is 29.0 Å². The van der Waals surface area contributed by atoms with E-state index in [0.29, 0.717) is 36.8 Å². The molecule has 0 bridgehead atoms. The lowest BCUT2D eigenvalue weighted by atomic mass is 9.76. The van der Waals surface area contributed by atoms with Gasteiger partial charge < -0.3 is 34.7 Å². The number of ether oxygens (including phenoxy) is 2. The third-order valence-corrected chi connectivity index (χ3v) is 6.88. The molecule has 0 aromatic heterocycles. The molecule has 1 fully saturated rings. The number of carbonyl (C=O) groups excluding carboxylic acids is 3. The lowest BCUT2D eigenvalue weighted by Crippen LogP contribution is -2.36. The minimum atomic E-state index is -0.664. The number of ketones is 2. The van der Waals surface area contributed by atoms with Gasteiger partial charge >= 0.3 is 0 Å². The van der Waals surface area contributed by atoms with Gasteiger partial charge in [-0.1, -0.05) is 12.1 Å². The number of rotatable bonds is 2. The minimum absolute atomic E-state index is 0.0868. The first kappa shape index (κ1) is 24.8. The Labute approximate surface area is 201 Å². The molecule has 0 spiro atoms. The fourth-order valence-corrected chi connectivity index (χ4v) is 4.90. The predicted molar refractivity (Wildman–Crippen MR) is 123 cm³/mol. The average molecular weight is 485 g/mol. The van der Waals surface area contributed by atoms with Crippen molar-refractivity contribution in [3.63, 3.8) is 0 Å². The molecule has 2 aliphatic carbocycles. The topological polar surface area (TPSA) is 151 Å². The zero-order valence-corrected chi connectivity index (χ0v) is 19.5. The van der Waals surface area contributed by atoms with Crippen LogP contribution in [-0.2, 0) is 22.4 Å². The average Bonchev–Trinajstić information content (AvgIpc) is 2.86. The summed E-state index contributed by atoms with van der Waals surface area (Å²) in [4.78, 5) is 37.2. The van der Waals surface area contributed by atoms with E-state index in [2.05, 4.69) is 0 Å². The van der Waals surface area contributed by atoms with E-state index in [4.69, 9.17) is 19.7 Å². The number of carbonyl (C=O) groups is 3. The molecule has 0 radical (unpaired) electrons. The van der Waals surface area contributed by atoms with Crippen molar-refractivity contribution in [3.8, 4) is 17.2 Å². The van der Waals surface area contributed by atoms with Crippen LogP contribution in [0.3, 0.4) is 0 Å². The van der Waals surface area contributed by atoms with Crippen LogP contribution in [0, 0.1) is 5.92 Å². The number of aliphatic hydroxyl groups excluding tert-OH is 2. The molecule has 4 N–H and O–H groups in total. The maximum absolute atomic E-state index is 13.1. The van der Waals surface area contributed by atoms with Gasteiger partial charge in [0.15, 0.2) is 12.1 Å². The van der Waals surface area contributed by atoms with E-state index in [9.17, 15) is 24.6 Å². The minimum Gasteiger partial charge on any atom is -0.507 e. The van der Waals surface area contributed by atoms with Crippen LogP contribution in [0.4, 0.5) is 0 Å². The Kier molecular flexibility index (Phi) is 6.93. The molecule has 186 valence electrons. The van der Waals surface area contributed by atoms with Crippen LogP contribution in [0.5, 0.6) is 17.2 Å². The first-order chi connectivity index (χ1) is 16.7. The molecule has 2 aromatic rings. The Morgan fingerprint density at radius 2 is 1.66 bits per heavy atom. The Morgan fingerprint density at radius 1 is 0.971 bits per heavy atom. The first-order valence-electron chi connectivity index (χ1n) is 11.5. The fourth-order valence-electron chi connectivity index (χ4n) is 4.90. The SMILES string of the molecule is COc1cccc2c1C(=O)c1c(O)c3c(c(O)c1C2=O)CC(C=O)CC3.C[C@@H]1OC(O)CC[C@@H]1O. The number of phenolic OH excluding ortho intramolecular Hbond substituents is 2. The maximum Gasteiger partial charge on any atom is 0.202 e. The Bertz CT molecular complexity index is 1190. The lowest BCUT2D eigenvalue weighted by Gasteiger charge is -2.28. The normalized spacial score (nSPS) is 24.9. The van der Waals surface area contributed by atoms with Crippen molar-refractivity contribution in [2.75, 3.05) is 7.11 Å². The van der Waals surface area contributed by atoms with Gasteiger partial charge in [0.25, 0.3) is 0 Å². The van der Waals surface area contributed by atoms with Crippen molar-refractivity contribution in [1.82, 2.24) is 0 Å². The molecular weight excluding hydrogens is 456 g/mol. The smallest absolute Gasteiger partial charge is 0.202 e. The molecule has 2 unspecified atom stereocenters. The van der Waals surface area contributed by atoms with Crippen LogP contribution in [0.15, 0.2) is 18.2 Å². The molecule has 1 heterocycles. The van der Waals surface area contributed by atoms with Gasteiger partial charge in [0.05, 0.1) is 36.0 Å². The molecular formula is C26H28O9. The van der Waals surface area contributed by atoms with Crippen molar-refractivity contribution in [2.24, 2.45) is 5.92 Å². The van der Waals surface area contributed by atoms with E-state index in [1.807, 2.05) is 0 Å². The number of hydrogen-bond acceptors (Lipinski definition) is 9. The number of fused-ring (bicyclic) bond motifs is 3. The molecule has 0 saturated carbocycles. The van der Waals surface area contributed by atoms with Crippen LogP contribution in [-0.4, -0.2) is 63.9 Å². The number of aliphatic hydroxyl groups is 2. The van der Waals surface area contributed by atoms with Gasteiger partial charge in [-0.3, -0.25) is 9.59 Å². The number of aldehydes is 1. The third kappa shape index (κ3) is 4.31. The van der Waals surface area contributed by atoms with Gasteiger partial charge in [0.2, 0.25) is 5.78 Å². The van der Waals surface area contributed by atoms with Crippen molar-refractivity contribution < 1.29 is 44.3 Å². The standard InChI is InChI=1S/C20H16O6.C6H12O3/c1-26-13-4-2-3-11-14(13)20(25)16-15(18(11)23)19(24)12-7-9(8-21)5-6-10(12)17(16)22;1-4-5(7)2-3-6(8)9-4/h2-4,8-9,22,24H,5-7H2,1H3;4-8H,2-3H2,1H3/t;4-,5-,6?/m.0/s1. The molecule has 5 rings (SSSR count). The van der Waals surface area contributed by atoms with Crippen LogP contribution >= 0.6 is 0 Å². The third-order valence-electron chi connectivity index (χ3n) is 6.88. The van der Waals surface area contributed by atoms with Gasteiger partial charge in [-0.15, -0.1) is 0 Å². The van der Waals surface area contributed by atoms with E-state index >= 15 is 0 Å². The molecule has 0 amide bonds. The number of methoxy groups -OCH3 is 1. The summed E-state index contributed by atoms with van der Waals surface area (Å²) in [7, 11) is 1.40. The molecule has 2 aromatic carbocycles. The molecule has 4 atom stereocenters. The zero-order chi connectivity index (χ0) is 25.4. The van der Waals surface area contributed by atoms with E-state index in [0.717, 1.165) is 6.29 Å². The second-order valence-corrected chi connectivity index (χ2v) is 9.02. The van der Waals surface area contributed by atoms with Crippen LogP contribution in [0.2, 0.25) is 0 Å². The molecule has 9 heteroatoms. The second-order valence-electron chi connectivity index (χ2n) is 9.02. The van der Waals surface area contributed by atoms with Crippen molar-refractivity contribution in [2.45, 2.75) is 57.5 Å². The first-order valence-corrected chi connectivity index (χ1v) is 11.5. The van der Waals surface area contributed by atoms with E-state index < -0.39 is 24.0 Å². The van der Waals surface area contributed by atoms with E-state index in [-0.39, 0.29) is 57.9 Å². The molecule has 1 aliphatic heterocycles. The highest BCUT2D eigenvalue weighted by Gasteiger charge is 2.40. The number of phenols is 2. The Balaban J connectivity index is 0.000000271. The monoisotopic (exact) mass is 484 g/mol. The number of aromatic hydroxyl groups is 2. The summed E-state index contributed by atoms with van der Waals surface area (Å²) in [5.41, 5.74) is 0.630. The highest BCUT2D eigenvalue weighted by Crippen LogP contribution is 2.47. The Hall–Kier alpha value is -3.27. The van der Waals surface area contributed by atoms with Crippen molar-refractivity contribution in [3.05, 3.63) is 51.6 Å². The lowest BCUT2D eigenvalue weighted by molar-refractivity contribution is -0.192. The summed E-state index contributed by atoms with van der Waals surface area (Å²) in [6.07, 6.45) is 1.83. The summed E-state index contributed by atoms with van der Waals surface area (Å²) >= 11 is 0. The van der Waals surface area contributed by atoms with Gasteiger partial charge in [-0.25, -0.2) is 0 Å². The van der Waals surface area contributed by atoms with Crippen molar-refractivity contribution >= 4 is 17.9 Å². The summed E-state index contributed by atoms with van der Waals surface area (Å²) < 4.78 is 10.1. The van der Waals surface area contributed by atoms with Gasteiger partial charge in [-0.2, -0.15) is 0 Å². The predicted octanol–water partition coefficient (Wildman–Crippen LogP) is 2.05. The summed E-state index contributed by atoms with van der Waals surface area (Å²) in [6, 6.07) is 4.65. The molecule has 9 nitrogen and oxygen atoms in total.